The van der Waals surface area contributed by atoms with E-state index in [0.717, 1.165) is 44.6 Å². The largest absolute Gasteiger partial charge is 0.397 e. The van der Waals surface area contributed by atoms with Crippen molar-refractivity contribution < 1.29 is 4.79 Å². The number of amides is 1. The number of carbonyl (C=O) groups is 1. The van der Waals surface area contributed by atoms with Gasteiger partial charge in [-0.2, -0.15) is 5.26 Å². The number of nitrogen functional groups attached to an aromatic ring is 1. The molecular formula is C16H19ClN4O. The van der Waals surface area contributed by atoms with Crippen LogP contribution in [0.1, 0.15) is 24.8 Å². The molecule has 116 valence electrons. The molecule has 0 aromatic heterocycles. The van der Waals surface area contributed by atoms with Gasteiger partial charge < -0.3 is 15.5 Å². The quantitative estimate of drug-likeness (QED) is 0.806. The third-order valence-corrected chi connectivity index (χ3v) is 5.41. The second-order valence-electron chi connectivity index (χ2n) is 6.25. The van der Waals surface area contributed by atoms with Crippen molar-refractivity contribution in [1.29, 1.82) is 5.26 Å². The van der Waals surface area contributed by atoms with Gasteiger partial charge in [-0.3, -0.25) is 4.79 Å². The number of likely N-dealkylation sites (tertiary alicyclic amines) is 1. The zero-order chi connectivity index (χ0) is 15.9. The summed E-state index contributed by atoms with van der Waals surface area (Å²) in [5.41, 5.74) is 7.42. The van der Waals surface area contributed by atoms with E-state index in [9.17, 15) is 4.79 Å². The molecule has 1 amide bonds. The summed E-state index contributed by atoms with van der Waals surface area (Å²) in [7, 11) is 1.87. The average Bonchev–Trinajstić information content (AvgIpc) is 2.80. The normalized spacial score (nSPS) is 20.5. The first-order valence-electron chi connectivity index (χ1n) is 7.46. The first-order chi connectivity index (χ1) is 10.5. The minimum atomic E-state index is -0.198. The molecule has 0 radical (unpaired) electrons. The smallest absolute Gasteiger partial charge is 0.228 e. The lowest BCUT2D eigenvalue weighted by molar-refractivity contribution is -0.135. The van der Waals surface area contributed by atoms with Crippen LogP contribution in [-0.4, -0.2) is 37.5 Å². The first kappa shape index (κ1) is 15.0. The van der Waals surface area contributed by atoms with Gasteiger partial charge in [0.15, 0.2) is 0 Å². The van der Waals surface area contributed by atoms with E-state index >= 15 is 0 Å². The zero-order valence-electron chi connectivity index (χ0n) is 12.6. The highest BCUT2D eigenvalue weighted by Crippen LogP contribution is 2.43. The van der Waals surface area contributed by atoms with E-state index in [2.05, 4.69) is 11.0 Å². The zero-order valence-corrected chi connectivity index (χ0v) is 13.4. The molecule has 0 atom stereocenters. The minimum Gasteiger partial charge on any atom is -0.397 e. The molecule has 0 aliphatic carbocycles. The van der Waals surface area contributed by atoms with E-state index in [0.29, 0.717) is 16.3 Å². The van der Waals surface area contributed by atoms with Gasteiger partial charge in [-0.15, -0.1) is 0 Å². The molecule has 2 aliphatic heterocycles. The van der Waals surface area contributed by atoms with Gasteiger partial charge in [-0.1, -0.05) is 11.6 Å². The van der Waals surface area contributed by atoms with Gasteiger partial charge in [0.1, 0.15) is 0 Å². The Morgan fingerprint density at radius 1 is 1.27 bits per heavy atom. The predicted molar refractivity (Wildman–Crippen MR) is 86.7 cm³/mol. The lowest BCUT2D eigenvalue weighted by Crippen LogP contribution is -2.44. The molecule has 6 heteroatoms. The summed E-state index contributed by atoms with van der Waals surface area (Å²) in [6.07, 6.45) is 2.58. The number of piperidine rings is 1. The second kappa shape index (κ2) is 5.36. The van der Waals surface area contributed by atoms with Crippen molar-refractivity contribution >= 4 is 28.9 Å². The summed E-state index contributed by atoms with van der Waals surface area (Å²) in [6, 6.07) is 5.48. The van der Waals surface area contributed by atoms with Crippen molar-refractivity contribution in [1.82, 2.24) is 4.90 Å². The second-order valence-corrected chi connectivity index (χ2v) is 6.63. The van der Waals surface area contributed by atoms with Crippen LogP contribution in [0.4, 0.5) is 11.4 Å². The summed E-state index contributed by atoms with van der Waals surface area (Å²) in [5.74, 6) is 0.267. The Bertz CT molecular complexity index is 659. The molecule has 1 spiro atoms. The Balaban J connectivity index is 1.82. The summed E-state index contributed by atoms with van der Waals surface area (Å²) < 4.78 is 0. The van der Waals surface area contributed by atoms with Gasteiger partial charge in [-0.05, 0) is 31.4 Å². The SMILES string of the molecule is CN1CCC2(CCN(c3cc(C#N)cc(N)c3Cl)CC2)C1=O. The molecule has 0 saturated carbocycles. The van der Waals surface area contributed by atoms with Gasteiger partial charge in [0, 0.05) is 26.7 Å². The van der Waals surface area contributed by atoms with Crippen LogP contribution in [0.25, 0.3) is 0 Å². The Kier molecular flexibility index (Phi) is 3.65. The maximum absolute atomic E-state index is 12.4. The van der Waals surface area contributed by atoms with E-state index < -0.39 is 0 Å². The van der Waals surface area contributed by atoms with Crippen molar-refractivity contribution in [2.45, 2.75) is 19.3 Å². The number of halogens is 1. The molecule has 3 rings (SSSR count). The van der Waals surface area contributed by atoms with Crippen LogP contribution in [-0.2, 0) is 4.79 Å². The Morgan fingerprint density at radius 2 is 1.91 bits per heavy atom. The molecule has 5 nitrogen and oxygen atoms in total. The highest BCUT2D eigenvalue weighted by atomic mass is 35.5. The number of anilines is 2. The topological polar surface area (TPSA) is 73.4 Å². The molecule has 0 unspecified atom stereocenters. The fourth-order valence-electron chi connectivity index (χ4n) is 3.56. The van der Waals surface area contributed by atoms with Crippen molar-refractivity contribution in [3.63, 3.8) is 0 Å². The van der Waals surface area contributed by atoms with Crippen LogP contribution < -0.4 is 10.6 Å². The Hall–Kier alpha value is -1.93. The van der Waals surface area contributed by atoms with E-state index in [1.165, 1.54) is 0 Å². The lowest BCUT2D eigenvalue weighted by atomic mass is 9.77. The number of nitrogens with zero attached hydrogens (tertiary/aromatic N) is 3. The van der Waals surface area contributed by atoms with Crippen LogP contribution in [0.3, 0.4) is 0 Å². The van der Waals surface area contributed by atoms with Crippen molar-refractivity contribution in [2.75, 3.05) is 37.3 Å². The number of carbonyl (C=O) groups excluding carboxylic acids is 1. The van der Waals surface area contributed by atoms with E-state index in [-0.39, 0.29) is 11.3 Å². The first-order valence-corrected chi connectivity index (χ1v) is 7.84. The molecule has 1 aromatic rings. The van der Waals surface area contributed by atoms with Crippen LogP contribution >= 0.6 is 11.6 Å². The maximum atomic E-state index is 12.4. The summed E-state index contributed by atoms with van der Waals surface area (Å²) in [5, 5.41) is 9.58. The van der Waals surface area contributed by atoms with Gasteiger partial charge in [0.2, 0.25) is 5.91 Å². The third kappa shape index (κ3) is 2.28. The van der Waals surface area contributed by atoms with Gasteiger partial charge in [0.05, 0.1) is 33.4 Å². The van der Waals surface area contributed by atoms with Gasteiger partial charge in [0.25, 0.3) is 0 Å². The molecule has 2 fully saturated rings. The van der Waals surface area contributed by atoms with E-state index in [1.807, 2.05) is 11.9 Å². The molecule has 2 N–H and O–H groups in total. The number of benzene rings is 1. The Labute approximate surface area is 135 Å². The maximum Gasteiger partial charge on any atom is 0.228 e. The molecular weight excluding hydrogens is 300 g/mol. The van der Waals surface area contributed by atoms with Gasteiger partial charge >= 0.3 is 0 Å². The number of hydrogen-bond acceptors (Lipinski definition) is 4. The van der Waals surface area contributed by atoms with E-state index in [1.54, 1.807) is 12.1 Å². The highest BCUT2D eigenvalue weighted by molar-refractivity contribution is 6.35. The molecule has 0 bridgehead atoms. The molecule has 2 heterocycles. The number of hydrogen-bond donors (Lipinski definition) is 1. The van der Waals surface area contributed by atoms with Gasteiger partial charge in [-0.25, -0.2) is 0 Å². The van der Waals surface area contributed by atoms with Crippen molar-refractivity contribution in [3.8, 4) is 6.07 Å². The number of nitrogens with two attached hydrogens (primary N) is 1. The third-order valence-electron chi connectivity index (χ3n) is 5.00. The summed E-state index contributed by atoms with van der Waals surface area (Å²) in [6.45, 7) is 2.36. The number of rotatable bonds is 1. The van der Waals surface area contributed by atoms with Crippen LogP contribution in [0.5, 0.6) is 0 Å². The predicted octanol–water partition coefficient (Wildman–Crippen LogP) is 2.24. The summed E-state index contributed by atoms with van der Waals surface area (Å²) >= 11 is 6.31. The van der Waals surface area contributed by atoms with Crippen molar-refractivity contribution in [2.24, 2.45) is 5.41 Å². The van der Waals surface area contributed by atoms with Crippen molar-refractivity contribution in [3.05, 3.63) is 22.7 Å². The monoisotopic (exact) mass is 318 g/mol. The van der Waals surface area contributed by atoms with Crippen LogP contribution in [0.2, 0.25) is 5.02 Å². The highest BCUT2D eigenvalue weighted by Gasteiger charge is 2.47. The lowest BCUT2D eigenvalue weighted by Gasteiger charge is -2.39. The molecule has 22 heavy (non-hydrogen) atoms. The molecule has 1 aromatic carbocycles. The Morgan fingerprint density at radius 3 is 2.45 bits per heavy atom. The number of nitriles is 1. The fraction of sp³-hybridized carbons (Fsp3) is 0.500. The van der Waals surface area contributed by atoms with Crippen LogP contribution in [0, 0.1) is 16.7 Å². The van der Waals surface area contributed by atoms with Crippen LogP contribution in [0.15, 0.2) is 12.1 Å². The fourth-order valence-corrected chi connectivity index (χ4v) is 3.79. The minimum absolute atomic E-state index is 0.198. The van der Waals surface area contributed by atoms with E-state index in [4.69, 9.17) is 22.6 Å². The summed E-state index contributed by atoms with van der Waals surface area (Å²) in [4.78, 5) is 16.3. The standard InChI is InChI=1S/C16H19ClN4O/c1-20-5-2-16(15(20)22)3-6-21(7-4-16)13-9-11(10-18)8-12(19)14(13)17/h8-9H,2-7,19H2,1H3. The molecule has 2 aliphatic rings. The average molecular weight is 319 g/mol. The molecule has 2 saturated heterocycles.